The number of carbonyl (C=O) groups excluding carboxylic acids is 1. The summed E-state index contributed by atoms with van der Waals surface area (Å²) in [4.78, 5) is 16.6. The van der Waals surface area contributed by atoms with Crippen LogP contribution in [0.2, 0.25) is 10.0 Å². The predicted molar refractivity (Wildman–Crippen MR) is 125 cm³/mol. The van der Waals surface area contributed by atoms with Gasteiger partial charge in [0.15, 0.2) is 11.0 Å². The highest BCUT2D eigenvalue weighted by Crippen LogP contribution is 2.31. The number of rotatable bonds is 6. The molecule has 31 heavy (non-hydrogen) atoms. The predicted octanol–water partition coefficient (Wildman–Crippen LogP) is 5.68. The molecule has 0 saturated carbocycles. The number of nitrogens with zero attached hydrogens (tertiary/aromatic N) is 4. The first-order chi connectivity index (χ1) is 15.0. The molecule has 6 nitrogen and oxygen atoms in total. The molecule has 2 aromatic heterocycles. The molecule has 2 aromatic carbocycles. The molecule has 0 radical (unpaired) electrons. The number of benzene rings is 2. The minimum Gasteiger partial charge on any atom is -0.324 e. The van der Waals surface area contributed by atoms with Crippen LogP contribution in [0.1, 0.15) is 5.56 Å². The van der Waals surface area contributed by atoms with Gasteiger partial charge in [-0.15, -0.1) is 10.2 Å². The van der Waals surface area contributed by atoms with E-state index >= 15 is 0 Å². The molecule has 0 aliphatic rings. The molecule has 2 heterocycles. The van der Waals surface area contributed by atoms with Gasteiger partial charge >= 0.3 is 0 Å². The van der Waals surface area contributed by atoms with Crippen molar-refractivity contribution in [1.82, 2.24) is 19.7 Å². The van der Waals surface area contributed by atoms with E-state index in [-0.39, 0.29) is 11.7 Å². The van der Waals surface area contributed by atoms with Crippen molar-refractivity contribution in [3.63, 3.8) is 0 Å². The molecule has 156 valence electrons. The maximum Gasteiger partial charge on any atom is 0.234 e. The number of aromatic nitrogens is 4. The highest BCUT2D eigenvalue weighted by Gasteiger charge is 2.18. The molecule has 4 aromatic rings. The second kappa shape index (κ2) is 9.51. The Morgan fingerprint density at radius 1 is 1.06 bits per heavy atom. The lowest BCUT2D eigenvalue weighted by Gasteiger charge is -2.11. The Bertz CT molecular complexity index is 1230. The van der Waals surface area contributed by atoms with Gasteiger partial charge < -0.3 is 5.32 Å². The third kappa shape index (κ3) is 4.90. The van der Waals surface area contributed by atoms with Gasteiger partial charge in [0, 0.05) is 23.6 Å². The lowest BCUT2D eigenvalue weighted by atomic mass is 10.2. The highest BCUT2D eigenvalue weighted by molar-refractivity contribution is 7.99. The van der Waals surface area contributed by atoms with Gasteiger partial charge in [0.25, 0.3) is 0 Å². The van der Waals surface area contributed by atoms with E-state index in [4.69, 9.17) is 23.2 Å². The minimum absolute atomic E-state index is 0.128. The van der Waals surface area contributed by atoms with Crippen LogP contribution < -0.4 is 5.32 Å². The number of anilines is 1. The highest BCUT2D eigenvalue weighted by atomic mass is 35.5. The summed E-state index contributed by atoms with van der Waals surface area (Å²) < 4.78 is 1.94. The number of hydrogen-bond donors (Lipinski definition) is 1. The monoisotopic (exact) mass is 469 g/mol. The number of aryl methyl sites for hydroxylation is 1. The first kappa shape index (κ1) is 21.4. The smallest absolute Gasteiger partial charge is 0.234 e. The summed E-state index contributed by atoms with van der Waals surface area (Å²) in [6, 6.07) is 16.9. The molecule has 0 aliphatic heterocycles. The van der Waals surface area contributed by atoms with E-state index in [1.54, 1.807) is 30.6 Å². The van der Waals surface area contributed by atoms with Crippen LogP contribution in [0.25, 0.3) is 17.1 Å². The first-order valence-electron chi connectivity index (χ1n) is 9.32. The van der Waals surface area contributed by atoms with Crippen LogP contribution in [0.5, 0.6) is 0 Å². The lowest BCUT2D eigenvalue weighted by Crippen LogP contribution is -2.15. The van der Waals surface area contributed by atoms with Crippen LogP contribution >= 0.6 is 35.0 Å². The number of halogens is 2. The van der Waals surface area contributed by atoms with E-state index in [1.807, 2.05) is 47.9 Å². The van der Waals surface area contributed by atoms with Gasteiger partial charge in [0.2, 0.25) is 5.91 Å². The molecule has 0 aliphatic carbocycles. The number of thioether (sulfide) groups is 1. The third-order valence-electron chi connectivity index (χ3n) is 4.39. The summed E-state index contributed by atoms with van der Waals surface area (Å²) in [7, 11) is 0. The molecule has 0 spiro atoms. The number of hydrogen-bond acceptors (Lipinski definition) is 5. The molecule has 0 atom stereocenters. The Hall–Kier alpha value is -2.87. The van der Waals surface area contributed by atoms with Crippen LogP contribution in [0.3, 0.4) is 0 Å². The fraction of sp³-hybridized carbons (Fsp3) is 0.0909. The van der Waals surface area contributed by atoms with E-state index in [1.165, 1.54) is 11.8 Å². The maximum absolute atomic E-state index is 12.5. The molecule has 0 bridgehead atoms. The lowest BCUT2D eigenvalue weighted by molar-refractivity contribution is -0.113. The number of carbonyl (C=O) groups is 1. The van der Waals surface area contributed by atoms with E-state index < -0.39 is 0 Å². The largest absolute Gasteiger partial charge is 0.324 e. The summed E-state index contributed by atoms with van der Waals surface area (Å²) in [5, 5.41) is 12.8. The third-order valence-corrected chi connectivity index (χ3v) is 6.14. The van der Waals surface area contributed by atoms with Crippen molar-refractivity contribution in [2.45, 2.75) is 12.1 Å². The van der Waals surface area contributed by atoms with E-state index in [0.29, 0.717) is 26.7 Å². The molecule has 0 fully saturated rings. The summed E-state index contributed by atoms with van der Waals surface area (Å²) in [6.45, 7) is 2.02. The molecule has 4 rings (SSSR count). The van der Waals surface area contributed by atoms with Crippen LogP contribution in [-0.4, -0.2) is 31.4 Å². The minimum atomic E-state index is -0.224. The number of amides is 1. The molecule has 9 heteroatoms. The van der Waals surface area contributed by atoms with Crippen molar-refractivity contribution in [2.75, 3.05) is 11.1 Å². The van der Waals surface area contributed by atoms with Crippen molar-refractivity contribution >= 4 is 46.6 Å². The van der Waals surface area contributed by atoms with Gasteiger partial charge in [-0.3, -0.25) is 14.3 Å². The molecule has 0 saturated heterocycles. The quantitative estimate of drug-likeness (QED) is 0.368. The first-order valence-corrected chi connectivity index (χ1v) is 11.1. The van der Waals surface area contributed by atoms with Crippen molar-refractivity contribution in [3.05, 3.63) is 82.6 Å². The zero-order chi connectivity index (χ0) is 21.8. The van der Waals surface area contributed by atoms with Gasteiger partial charge in [-0.25, -0.2) is 0 Å². The van der Waals surface area contributed by atoms with Crippen molar-refractivity contribution in [2.24, 2.45) is 0 Å². The van der Waals surface area contributed by atoms with Gasteiger partial charge in [0.1, 0.15) is 0 Å². The molecule has 0 unspecified atom stereocenters. The van der Waals surface area contributed by atoms with Gasteiger partial charge in [-0.2, -0.15) is 0 Å². The molecular formula is C22H17Cl2N5OS. The second-order valence-electron chi connectivity index (χ2n) is 6.65. The summed E-state index contributed by atoms with van der Waals surface area (Å²) >= 11 is 13.5. The van der Waals surface area contributed by atoms with E-state index in [2.05, 4.69) is 20.5 Å². The summed E-state index contributed by atoms with van der Waals surface area (Å²) in [5.74, 6) is 0.579. The summed E-state index contributed by atoms with van der Waals surface area (Å²) in [6.07, 6.45) is 3.42. The zero-order valence-corrected chi connectivity index (χ0v) is 18.7. The summed E-state index contributed by atoms with van der Waals surface area (Å²) in [5.41, 5.74) is 3.37. The number of pyridine rings is 1. The standard InChI is InChI=1S/C22H17Cl2N5OS/c1-14-4-2-5-16(12-14)29-21(15-8-10-25-11-9-15)27-28-22(29)31-13-19(30)26-18-7-3-6-17(23)20(18)24/h2-12H,13H2,1H3,(H,26,30). The van der Waals surface area contributed by atoms with E-state index in [9.17, 15) is 4.79 Å². The van der Waals surface area contributed by atoms with Gasteiger partial charge in [-0.1, -0.05) is 53.2 Å². The van der Waals surface area contributed by atoms with Crippen molar-refractivity contribution in [1.29, 1.82) is 0 Å². The molecular weight excluding hydrogens is 453 g/mol. The second-order valence-corrected chi connectivity index (χ2v) is 8.38. The molecule has 1 amide bonds. The van der Waals surface area contributed by atoms with Crippen molar-refractivity contribution < 1.29 is 4.79 Å². The Balaban J connectivity index is 1.60. The zero-order valence-electron chi connectivity index (χ0n) is 16.4. The maximum atomic E-state index is 12.5. The SMILES string of the molecule is Cc1cccc(-n2c(SCC(=O)Nc3cccc(Cl)c3Cl)nnc2-c2ccncc2)c1. The van der Waals surface area contributed by atoms with Crippen molar-refractivity contribution in [3.8, 4) is 17.1 Å². The van der Waals surface area contributed by atoms with Crippen LogP contribution in [0, 0.1) is 6.92 Å². The fourth-order valence-electron chi connectivity index (χ4n) is 2.97. The Morgan fingerprint density at radius 3 is 2.61 bits per heavy atom. The number of nitrogens with one attached hydrogen (secondary N) is 1. The fourth-order valence-corrected chi connectivity index (χ4v) is 4.07. The Morgan fingerprint density at radius 2 is 1.84 bits per heavy atom. The average Bonchev–Trinajstić information content (AvgIpc) is 3.20. The van der Waals surface area contributed by atoms with Gasteiger partial charge in [-0.05, 0) is 48.9 Å². The van der Waals surface area contributed by atoms with E-state index in [0.717, 1.165) is 16.8 Å². The normalized spacial score (nSPS) is 10.8. The average molecular weight is 470 g/mol. The van der Waals surface area contributed by atoms with Gasteiger partial charge in [0.05, 0.1) is 21.5 Å². The Kier molecular flexibility index (Phi) is 6.56. The molecule has 1 N–H and O–H groups in total. The van der Waals surface area contributed by atoms with Crippen LogP contribution in [0.4, 0.5) is 5.69 Å². The Labute approximate surface area is 193 Å². The van der Waals surface area contributed by atoms with Crippen LogP contribution in [0.15, 0.2) is 72.1 Å². The topological polar surface area (TPSA) is 72.7 Å². The van der Waals surface area contributed by atoms with Crippen LogP contribution in [-0.2, 0) is 4.79 Å².